The lowest BCUT2D eigenvalue weighted by Crippen LogP contribution is -2.39. The maximum Gasteiger partial charge on any atom is 0.0962 e. The molecule has 0 amide bonds. The quantitative estimate of drug-likeness (QED) is 0.813. The molecule has 1 unspecified atom stereocenters. The monoisotopic (exact) mass is 238 g/mol. The summed E-state index contributed by atoms with van der Waals surface area (Å²) in [5, 5.41) is 15.1. The highest BCUT2D eigenvalue weighted by atomic mass is 16.5. The molecule has 0 saturated heterocycles. The van der Waals surface area contributed by atoms with Crippen molar-refractivity contribution < 1.29 is 9.84 Å². The van der Waals surface area contributed by atoms with E-state index in [9.17, 15) is 5.11 Å². The van der Waals surface area contributed by atoms with E-state index in [0.29, 0.717) is 18.9 Å². The predicted octanol–water partition coefficient (Wildman–Crippen LogP) is 1.31. The van der Waals surface area contributed by atoms with Gasteiger partial charge >= 0.3 is 0 Å². The van der Waals surface area contributed by atoms with Crippen LogP contribution in [0.1, 0.15) is 31.2 Å². The zero-order valence-corrected chi connectivity index (χ0v) is 10.9. The van der Waals surface area contributed by atoms with Gasteiger partial charge in [-0.2, -0.15) is 5.10 Å². The van der Waals surface area contributed by atoms with Crippen LogP contribution in [0.3, 0.4) is 0 Å². The van der Waals surface area contributed by atoms with Crippen LogP contribution >= 0.6 is 0 Å². The van der Waals surface area contributed by atoms with Crippen molar-refractivity contribution in [3.8, 4) is 0 Å². The van der Waals surface area contributed by atoms with Crippen molar-refractivity contribution in [2.75, 3.05) is 13.7 Å². The first-order valence-electron chi connectivity index (χ1n) is 6.32. The Morgan fingerprint density at radius 3 is 2.76 bits per heavy atom. The number of hydrogen-bond acceptors (Lipinski definition) is 3. The highest BCUT2D eigenvalue weighted by molar-refractivity contribution is 5.14. The molecule has 4 heteroatoms. The molecule has 4 nitrogen and oxygen atoms in total. The molecule has 1 aromatic rings. The largest absolute Gasteiger partial charge is 0.387 e. The second-order valence-electron chi connectivity index (χ2n) is 5.09. The van der Waals surface area contributed by atoms with Crippen molar-refractivity contribution in [1.82, 2.24) is 9.78 Å². The fourth-order valence-corrected chi connectivity index (χ4v) is 2.41. The van der Waals surface area contributed by atoms with Gasteiger partial charge in [-0.25, -0.2) is 0 Å². The van der Waals surface area contributed by atoms with Gasteiger partial charge in [-0.15, -0.1) is 0 Å². The number of nitrogens with zero attached hydrogens (tertiary/aromatic N) is 2. The average molecular weight is 238 g/mol. The van der Waals surface area contributed by atoms with Crippen LogP contribution in [0.4, 0.5) is 0 Å². The molecule has 0 spiro atoms. The molecule has 1 fully saturated rings. The SMILES string of the molecule is CCc1cc(CC(O)(COC)C2CC2)n(C)n1. The minimum atomic E-state index is -0.715. The molecule has 1 heterocycles. The molecule has 1 atom stereocenters. The van der Waals surface area contributed by atoms with E-state index in [1.54, 1.807) is 7.11 Å². The standard InChI is InChI=1S/C13H22N2O2/c1-4-11-7-12(15(2)14-11)8-13(16,9-17-3)10-5-6-10/h7,10,16H,4-6,8-9H2,1-3H3. The van der Waals surface area contributed by atoms with Gasteiger partial charge in [0.05, 0.1) is 17.9 Å². The molecule has 1 aliphatic carbocycles. The van der Waals surface area contributed by atoms with Crippen LogP contribution in [-0.2, 0) is 24.6 Å². The maximum absolute atomic E-state index is 10.6. The first kappa shape index (κ1) is 12.6. The molecule has 0 aromatic carbocycles. The number of aliphatic hydroxyl groups is 1. The van der Waals surface area contributed by atoms with Gasteiger partial charge in [-0.3, -0.25) is 4.68 Å². The molecule has 1 aliphatic rings. The van der Waals surface area contributed by atoms with E-state index >= 15 is 0 Å². The lowest BCUT2D eigenvalue weighted by Gasteiger charge is -2.27. The first-order valence-corrected chi connectivity index (χ1v) is 6.32. The minimum Gasteiger partial charge on any atom is -0.387 e. The van der Waals surface area contributed by atoms with Crippen molar-refractivity contribution in [3.05, 3.63) is 17.5 Å². The number of rotatable bonds is 6. The highest BCUT2D eigenvalue weighted by Crippen LogP contribution is 2.41. The second kappa shape index (κ2) is 4.78. The summed E-state index contributed by atoms with van der Waals surface area (Å²) < 4.78 is 7.05. The topological polar surface area (TPSA) is 47.3 Å². The normalized spacial score (nSPS) is 19.3. The summed E-state index contributed by atoms with van der Waals surface area (Å²) in [7, 11) is 3.59. The van der Waals surface area contributed by atoms with Crippen molar-refractivity contribution in [2.45, 2.75) is 38.2 Å². The lowest BCUT2D eigenvalue weighted by molar-refractivity contribution is -0.0485. The molecule has 0 radical (unpaired) electrons. The molecule has 0 aliphatic heterocycles. The molecular weight excluding hydrogens is 216 g/mol. The number of methoxy groups -OCH3 is 1. The van der Waals surface area contributed by atoms with E-state index < -0.39 is 5.60 Å². The maximum atomic E-state index is 10.6. The summed E-state index contributed by atoms with van der Waals surface area (Å²) in [5.74, 6) is 0.391. The van der Waals surface area contributed by atoms with Crippen LogP contribution in [-0.4, -0.2) is 34.2 Å². The average Bonchev–Trinajstić information content (AvgIpc) is 3.07. The van der Waals surface area contributed by atoms with Crippen molar-refractivity contribution >= 4 is 0 Å². The van der Waals surface area contributed by atoms with Gasteiger partial charge in [0, 0.05) is 26.3 Å². The summed E-state index contributed by atoms with van der Waals surface area (Å²) in [6.07, 6.45) is 3.78. The van der Waals surface area contributed by atoms with Gasteiger partial charge in [-0.1, -0.05) is 6.92 Å². The van der Waals surface area contributed by atoms with Gasteiger partial charge in [0.2, 0.25) is 0 Å². The molecule has 2 rings (SSSR count). The summed E-state index contributed by atoms with van der Waals surface area (Å²) >= 11 is 0. The molecular formula is C13H22N2O2. The number of aryl methyl sites for hydroxylation is 2. The first-order chi connectivity index (χ1) is 8.09. The van der Waals surface area contributed by atoms with Crippen LogP contribution in [0.5, 0.6) is 0 Å². The Balaban J connectivity index is 2.13. The van der Waals surface area contributed by atoms with Crippen molar-refractivity contribution in [1.29, 1.82) is 0 Å². The van der Waals surface area contributed by atoms with Gasteiger partial charge in [0.1, 0.15) is 0 Å². The number of aromatic nitrogens is 2. The zero-order valence-electron chi connectivity index (χ0n) is 10.9. The van der Waals surface area contributed by atoms with Gasteiger partial charge in [0.25, 0.3) is 0 Å². The van der Waals surface area contributed by atoms with E-state index in [-0.39, 0.29) is 0 Å². The summed E-state index contributed by atoms with van der Waals surface area (Å²) in [4.78, 5) is 0. The van der Waals surface area contributed by atoms with Gasteiger partial charge in [0.15, 0.2) is 0 Å². The summed E-state index contributed by atoms with van der Waals surface area (Å²) in [6, 6.07) is 2.09. The van der Waals surface area contributed by atoms with Crippen LogP contribution in [0.25, 0.3) is 0 Å². The van der Waals surface area contributed by atoms with Crippen LogP contribution < -0.4 is 0 Å². The van der Waals surface area contributed by atoms with Crippen molar-refractivity contribution in [3.63, 3.8) is 0 Å². The second-order valence-corrected chi connectivity index (χ2v) is 5.09. The third kappa shape index (κ3) is 2.69. The summed E-state index contributed by atoms with van der Waals surface area (Å²) in [6.45, 7) is 2.50. The lowest BCUT2D eigenvalue weighted by atomic mass is 9.92. The molecule has 1 saturated carbocycles. The van der Waals surface area contributed by atoms with E-state index in [1.165, 1.54) is 0 Å². The number of hydrogen-bond donors (Lipinski definition) is 1. The molecule has 96 valence electrons. The van der Waals surface area contributed by atoms with Crippen LogP contribution in [0.2, 0.25) is 0 Å². The Morgan fingerprint density at radius 2 is 2.29 bits per heavy atom. The Bertz CT molecular complexity index is 385. The molecule has 1 aromatic heterocycles. The zero-order chi connectivity index (χ0) is 12.5. The van der Waals surface area contributed by atoms with E-state index in [0.717, 1.165) is 30.7 Å². The fourth-order valence-electron chi connectivity index (χ4n) is 2.41. The Morgan fingerprint density at radius 1 is 1.59 bits per heavy atom. The number of ether oxygens (including phenoxy) is 1. The molecule has 1 N–H and O–H groups in total. The van der Waals surface area contributed by atoms with E-state index in [2.05, 4.69) is 18.1 Å². The third-order valence-corrected chi connectivity index (χ3v) is 3.61. The van der Waals surface area contributed by atoms with Gasteiger partial charge < -0.3 is 9.84 Å². The minimum absolute atomic E-state index is 0.391. The summed E-state index contributed by atoms with van der Waals surface area (Å²) in [5.41, 5.74) is 1.46. The molecule has 0 bridgehead atoms. The molecule has 17 heavy (non-hydrogen) atoms. The predicted molar refractivity (Wildman–Crippen MR) is 65.8 cm³/mol. The fraction of sp³-hybridized carbons (Fsp3) is 0.769. The van der Waals surface area contributed by atoms with Gasteiger partial charge in [-0.05, 0) is 31.2 Å². The third-order valence-electron chi connectivity index (χ3n) is 3.61. The van der Waals surface area contributed by atoms with E-state index in [1.807, 2.05) is 11.7 Å². The highest BCUT2D eigenvalue weighted by Gasteiger charge is 2.44. The van der Waals surface area contributed by atoms with Crippen LogP contribution in [0, 0.1) is 5.92 Å². The Labute approximate surface area is 103 Å². The van der Waals surface area contributed by atoms with E-state index in [4.69, 9.17) is 4.74 Å². The smallest absolute Gasteiger partial charge is 0.0962 e. The Hall–Kier alpha value is -0.870. The van der Waals surface area contributed by atoms with Crippen LogP contribution in [0.15, 0.2) is 6.07 Å². The van der Waals surface area contributed by atoms with Crippen molar-refractivity contribution in [2.24, 2.45) is 13.0 Å². The Kier molecular flexibility index (Phi) is 3.54.